The van der Waals surface area contributed by atoms with Crippen LogP contribution in [-0.2, 0) is 13.1 Å². The van der Waals surface area contributed by atoms with Crippen molar-refractivity contribution in [3.05, 3.63) is 94.4 Å². The molecule has 2 saturated heterocycles. The molecule has 0 spiro atoms. The number of nitriles is 1. The zero-order chi connectivity index (χ0) is 35.3. The molecule has 10 heteroatoms. The third kappa shape index (κ3) is 6.30. The molecule has 52 heavy (non-hydrogen) atoms. The average Bonchev–Trinajstić information content (AvgIpc) is 3.47. The lowest BCUT2D eigenvalue weighted by Gasteiger charge is -2.17. The summed E-state index contributed by atoms with van der Waals surface area (Å²) < 4.78 is 6.34. The number of aromatic nitrogens is 4. The molecule has 5 heterocycles. The number of pyridine rings is 1. The van der Waals surface area contributed by atoms with Crippen LogP contribution in [0.15, 0.2) is 65.2 Å². The van der Waals surface area contributed by atoms with E-state index in [4.69, 9.17) is 24.4 Å². The predicted molar refractivity (Wildman–Crippen MR) is 202 cm³/mol. The van der Waals surface area contributed by atoms with Crippen molar-refractivity contribution < 1.29 is 9.52 Å². The lowest BCUT2D eigenvalue weighted by atomic mass is 9.93. The quantitative estimate of drug-likeness (QED) is 0.155. The van der Waals surface area contributed by atoms with Gasteiger partial charge in [0, 0.05) is 49.5 Å². The maximum absolute atomic E-state index is 10.0. The van der Waals surface area contributed by atoms with Gasteiger partial charge in [0.15, 0.2) is 11.4 Å². The zero-order valence-electron chi connectivity index (χ0n) is 29.7. The van der Waals surface area contributed by atoms with Gasteiger partial charge in [-0.1, -0.05) is 24.3 Å². The lowest BCUT2D eigenvalue weighted by molar-refractivity contribution is 0.175. The summed E-state index contributed by atoms with van der Waals surface area (Å²) in [6.45, 7) is 9.56. The molecule has 0 radical (unpaired) electrons. The Morgan fingerprint density at radius 3 is 2.37 bits per heavy atom. The smallest absolute Gasteiger partial charge is 0.227 e. The first-order valence-electron chi connectivity index (χ1n) is 18.5. The molecule has 2 N–H and O–H groups in total. The van der Waals surface area contributed by atoms with Crippen molar-refractivity contribution in [1.82, 2.24) is 29.7 Å². The van der Waals surface area contributed by atoms with E-state index in [-0.39, 0.29) is 6.10 Å². The van der Waals surface area contributed by atoms with Gasteiger partial charge >= 0.3 is 0 Å². The van der Waals surface area contributed by atoms with Gasteiger partial charge in [0.05, 0.1) is 17.2 Å². The van der Waals surface area contributed by atoms with Crippen LogP contribution in [0.2, 0.25) is 0 Å². The van der Waals surface area contributed by atoms with Crippen LogP contribution in [0, 0.1) is 25.2 Å². The highest BCUT2D eigenvalue weighted by atomic mass is 16.3. The van der Waals surface area contributed by atoms with Gasteiger partial charge in [0.1, 0.15) is 22.9 Å². The molecule has 1 atom stereocenters. The second-order valence-electron chi connectivity index (χ2n) is 14.8. The Morgan fingerprint density at radius 1 is 0.846 bits per heavy atom. The first-order chi connectivity index (χ1) is 25.4. The van der Waals surface area contributed by atoms with E-state index in [1.807, 2.05) is 24.4 Å². The molecule has 3 fully saturated rings. The van der Waals surface area contributed by atoms with E-state index in [0.717, 1.165) is 113 Å². The molecule has 3 aliphatic rings. The molecule has 0 unspecified atom stereocenters. The number of nitrogens with zero attached hydrogens (tertiary/aromatic N) is 7. The van der Waals surface area contributed by atoms with Crippen LogP contribution in [0.1, 0.15) is 71.7 Å². The largest absolute Gasteiger partial charge is 0.435 e. The molecule has 9 rings (SSSR count). The van der Waals surface area contributed by atoms with Crippen LogP contribution in [0.25, 0.3) is 44.7 Å². The van der Waals surface area contributed by atoms with Crippen molar-refractivity contribution in [2.45, 2.75) is 71.1 Å². The van der Waals surface area contributed by atoms with Gasteiger partial charge in [-0.3, -0.25) is 14.8 Å². The fraction of sp³-hybridized carbons (Fsp3) is 0.357. The van der Waals surface area contributed by atoms with E-state index in [9.17, 15) is 10.4 Å². The number of aliphatic hydroxyl groups is 1. The summed E-state index contributed by atoms with van der Waals surface area (Å²) in [5.41, 5.74) is 11.7. The van der Waals surface area contributed by atoms with E-state index in [1.165, 1.54) is 12.8 Å². The molecule has 262 valence electrons. The van der Waals surface area contributed by atoms with Gasteiger partial charge in [-0.25, -0.2) is 15.0 Å². The van der Waals surface area contributed by atoms with E-state index in [0.29, 0.717) is 40.8 Å². The number of β-amino-alcohol motifs (C(OH)–C–C–N with tert-alkyl or cyclic N) is 1. The second kappa shape index (κ2) is 13.4. The average molecular weight is 691 g/mol. The Hall–Kier alpha value is -5.21. The lowest BCUT2D eigenvalue weighted by Crippen LogP contribution is -2.21. The summed E-state index contributed by atoms with van der Waals surface area (Å²) in [7, 11) is 0. The Balaban J connectivity index is 1.04. The molecule has 0 bridgehead atoms. The van der Waals surface area contributed by atoms with E-state index in [2.05, 4.69) is 71.4 Å². The summed E-state index contributed by atoms with van der Waals surface area (Å²) in [4.78, 5) is 24.5. The van der Waals surface area contributed by atoms with Gasteiger partial charge in [-0.15, -0.1) is 0 Å². The van der Waals surface area contributed by atoms with Crippen LogP contribution in [0.3, 0.4) is 0 Å². The second-order valence-corrected chi connectivity index (χ2v) is 14.8. The number of benzene rings is 3. The fourth-order valence-electron chi connectivity index (χ4n) is 7.92. The number of aliphatic hydroxyl groups excluding tert-OH is 1. The molecular weight excluding hydrogens is 649 g/mol. The number of likely N-dealkylation sites (tertiary alicyclic amines) is 2. The molecule has 3 aromatic heterocycles. The number of hydrogen-bond acceptors (Lipinski definition) is 10. The number of oxazole rings is 1. The fourth-order valence-corrected chi connectivity index (χ4v) is 7.92. The van der Waals surface area contributed by atoms with Crippen molar-refractivity contribution in [2.75, 3.05) is 31.5 Å². The normalized spacial score (nSPS) is 18.1. The summed E-state index contributed by atoms with van der Waals surface area (Å²) in [5, 5.41) is 23.7. The number of anilines is 2. The molecule has 2 aliphatic heterocycles. The summed E-state index contributed by atoms with van der Waals surface area (Å²) >= 11 is 0. The van der Waals surface area contributed by atoms with E-state index in [1.54, 1.807) is 0 Å². The van der Waals surface area contributed by atoms with Crippen LogP contribution in [0.4, 0.5) is 11.5 Å². The number of hydrogen-bond donors (Lipinski definition) is 2. The minimum atomic E-state index is -0.254. The van der Waals surface area contributed by atoms with Gasteiger partial charge < -0.3 is 14.8 Å². The third-order valence-electron chi connectivity index (χ3n) is 10.9. The maximum atomic E-state index is 10.0. The standard InChI is InChI=1S/C42H42N8O2/c1-25-32(7-5-9-34(25)42-47-37-18-27(22-49-14-3-4-15-49)17-30(20-43)39(37)52-42)33-8-6-10-35(26(33)2)45-41-38-36(46-40(48-41)29-11-12-29)19-28(21-44-38)23-50-16-13-31(51)24-50/h5-10,17-19,21,29,31,51H,3-4,11-16,22-24H2,1-2H3,(H,45,46,48)/t31-/m1/s1. The monoisotopic (exact) mass is 690 g/mol. The number of rotatable bonds is 9. The minimum Gasteiger partial charge on any atom is -0.435 e. The van der Waals surface area contributed by atoms with Crippen molar-refractivity contribution in [3.63, 3.8) is 0 Å². The van der Waals surface area contributed by atoms with E-state index < -0.39 is 0 Å². The predicted octanol–water partition coefficient (Wildman–Crippen LogP) is 7.77. The molecular formula is C42H42N8O2. The summed E-state index contributed by atoms with van der Waals surface area (Å²) in [6.07, 6.45) is 7.12. The number of nitrogens with one attached hydrogen (secondary N) is 1. The van der Waals surface area contributed by atoms with Crippen molar-refractivity contribution in [3.8, 4) is 28.7 Å². The van der Waals surface area contributed by atoms with E-state index >= 15 is 0 Å². The van der Waals surface area contributed by atoms with Crippen LogP contribution in [-0.4, -0.2) is 67.1 Å². The maximum Gasteiger partial charge on any atom is 0.227 e. The van der Waals surface area contributed by atoms with Crippen LogP contribution < -0.4 is 5.32 Å². The topological polar surface area (TPSA) is 127 Å². The first kappa shape index (κ1) is 32.7. The summed E-state index contributed by atoms with van der Waals surface area (Å²) in [6, 6.07) is 21.0. The van der Waals surface area contributed by atoms with Crippen molar-refractivity contribution in [2.24, 2.45) is 0 Å². The molecule has 1 aliphatic carbocycles. The minimum absolute atomic E-state index is 0.254. The number of fused-ring (bicyclic) bond motifs is 2. The Bertz CT molecular complexity index is 2370. The molecule has 0 amide bonds. The molecule has 3 aromatic carbocycles. The van der Waals surface area contributed by atoms with Gasteiger partial charge in [-0.2, -0.15) is 5.26 Å². The van der Waals surface area contributed by atoms with Crippen LogP contribution in [0.5, 0.6) is 0 Å². The SMILES string of the molecule is Cc1c(Nc2nc(C3CC3)nc3cc(CN4CC[C@@H](O)C4)cnc23)cccc1-c1cccc(-c2nc3cc(CN4CCCC4)cc(C#N)c3o2)c1C. The van der Waals surface area contributed by atoms with Gasteiger partial charge in [0.25, 0.3) is 0 Å². The highest BCUT2D eigenvalue weighted by Crippen LogP contribution is 2.41. The highest BCUT2D eigenvalue weighted by molar-refractivity contribution is 5.90. The summed E-state index contributed by atoms with van der Waals surface area (Å²) in [5.74, 6) is 2.48. The van der Waals surface area contributed by atoms with Gasteiger partial charge in [-0.05, 0) is 123 Å². The van der Waals surface area contributed by atoms with Crippen molar-refractivity contribution >= 4 is 33.6 Å². The first-order valence-corrected chi connectivity index (χ1v) is 18.5. The van der Waals surface area contributed by atoms with Crippen molar-refractivity contribution in [1.29, 1.82) is 5.26 Å². The highest BCUT2D eigenvalue weighted by Gasteiger charge is 2.28. The third-order valence-corrected chi connectivity index (χ3v) is 10.9. The molecule has 1 saturated carbocycles. The Kier molecular flexibility index (Phi) is 8.42. The van der Waals surface area contributed by atoms with Crippen LogP contribution >= 0.6 is 0 Å². The molecule has 6 aromatic rings. The Labute approximate surface area is 303 Å². The van der Waals surface area contributed by atoms with Gasteiger partial charge in [0.2, 0.25) is 5.89 Å². The molecule has 10 nitrogen and oxygen atoms in total. The zero-order valence-corrected chi connectivity index (χ0v) is 29.7. The Morgan fingerprint density at radius 2 is 1.60 bits per heavy atom.